The van der Waals surface area contributed by atoms with Gasteiger partial charge in [0, 0.05) is 0 Å². The number of aryl methyl sites for hydroxylation is 1. The molecule has 0 unspecified atom stereocenters. The van der Waals surface area contributed by atoms with E-state index in [2.05, 4.69) is 16.4 Å². The van der Waals surface area contributed by atoms with Crippen LogP contribution in [0.4, 0.5) is 5.69 Å². The van der Waals surface area contributed by atoms with Gasteiger partial charge in [0.15, 0.2) is 0 Å². The summed E-state index contributed by atoms with van der Waals surface area (Å²) in [5.41, 5.74) is 1.47. The van der Waals surface area contributed by atoms with E-state index in [1.54, 1.807) is 24.3 Å². The van der Waals surface area contributed by atoms with Crippen molar-refractivity contribution < 1.29 is 22.7 Å². The number of nitrogens with one attached hydrogen (secondary N) is 1. The number of carbonyl (C=O) groups is 1. The number of rotatable bonds is 7. The van der Waals surface area contributed by atoms with Gasteiger partial charge in [-0.25, -0.2) is 13.2 Å². The fraction of sp³-hybridized carbons (Fsp3) is 0.278. The lowest BCUT2D eigenvalue weighted by atomic mass is 10.1. The summed E-state index contributed by atoms with van der Waals surface area (Å²) in [4.78, 5) is 11.8. The monoisotopic (exact) mass is 363 g/mol. The van der Waals surface area contributed by atoms with Crippen LogP contribution in [0.15, 0.2) is 47.4 Å². The first-order valence-electron chi connectivity index (χ1n) is 7.79. The zero-order valence-electron chi connectivity index (χ0n) is 14.4. The smallest absolute Gasteiger partial charge is 0.337 e. The van der Waals surface area contributed by atoms with Crippen molar-refractivity contribution in [3.8, 4) is 5.75 Å². The Balaban J connectivity index is 2.34. The van der Waals surface area contributed by atoms with E-state index in [-0.39, 0.29) is 16.1 Å². The third kappa shape index (κ3) is 4.51. The average molecular weight is 363 g/mol. The molecule has 0 fully saturated rings. The molecule has 0 aliphatic heterocycles. The Bertz CT molecular complexity index is 844. The van der Waals surface area contributed by atoms with Crippen molar-refractivity contribution in [2.75, 3.05) is 18.9 Å². The Morgan fingerprint density at radius 2 is 1.76 bits per heavy atom. The normalized spacial score (nSPS) is 11.0. The molecule has 2 aromatic rings. The van der Waals surface area contributed by atoms with Gasteiger partial charge in [0.25, 0.3) is 10.0 Å². The van der Waals surface area contributed by atoms with Crippen LogP contribution in [0, 0.1) is 0 Å². The van der Waals surface area contributed by atoms with Crippen molar-refractivity contribution in [2.45, 2.75) is 24.7 Å². The van der Waals surface area contributed by atoms with E-state index < -0.39 is 16.0 Å². The van der Waals surface area contributed by atoms with Gasteiger partial charge in [-0.2, -0.15) is 0 Å². The molecule has 0 radical (unpaired) electrons. The lowest BCUT2D eigenvalue weighted by Gasteiger charge is -2.13. The molecule has 0 amide bonds. The molecular weight excluding hydrogens is 342 g/mol. The number of hydrogen-bond acceptors (Lipinski definition) is 5. The molecule has 7 heteroatoms. The third-order valence-corrected chi connectivity index (χ3v) is 5.02. The first-order valence-corrected chi connectivity index (χ1v) is 9.27. The largest absolute Gasteiger partial charge is 0.495 e. The lowest BCUT2D eigenvalue weighted by Crippen LogP contribution is -2.14. The van der Waals surface area contributed by atoms with Crippen molar-refractivity contribution >= 4 is 21.7 Å². The number of anilines is 1. The second kappa shape index (κ2) is 8.02. The highest BCUT2D eigenvalue weighted by Crippen LogP contribution is 2.28. The van der Waals surface area contributed by atoms with Gasteiger partial charge in [-0.1, -0.05) is 25.5 Å². The Morgan fingerprint density at radius 1 is 1.08 bits per heavy atom. The molecule has 0 aliphatic carbocycles. The minimum atomic E-state index is -3.81. The number of esters is 1. The van der Waals surface area contributed by atoms with Crippen LogP contribution >= 0.6 is 0 Å². The molecular formula is C18H21NO5S. The summed E-state index contributed by atoms with van der Waals surface area (Å²) < 4.78 is 37.5. The highest BCUT2D eigenvalue weighted by molar-refractivity contribution is 7.92. The van der Waals surface area contributed by atoms with Crippen molar-refractivity contribution in [3.63, 3.8) is 0 Å². The Morgan fingerprint density at radius 3 is 2.32 bits per heavy atom. The van der Waals surface area contributed by atoms with E-state index >= 15 is 0 Å². The predicted octanol–water partition coefficient (Wildman–Crippen LogP) is 3.24. The summed E-state index contributed by atoms with van der Waals surface area (Å²) in [6.45, 7) is 2.06. The van der Waals surface area contributed by atoms with Gasteiger partial charge in [-0.15, -0.1) is 0 Å². The van der Waals surface area contributed by atoms with Crippen molar-refractivity contribution in [3.05, 3.63) is 53.6 Å². The van der Waals surface area contributed by atoms with Crippen LogP contribution in [0.1, 0.15) is 29.3 Å². The van der Waals surface area contributed by atoms with E-state index in [0.717, 1.165) is 18.4 Å². The quantitative estimate of drug-likeness (QED) is 0.764. The number of carbonyl (C=O) groups excluding carboxylic acids is 1. The molecule has 2 rings (SSSR count). The number of ether oxygens (including phenoxy) is 2. The van der Waals surface area contributed by atoms with E-state index in [1.807, 2.05) is 0 Å². The van der Waals surface area contributed by atoms with Crippen molar-refractivity contribution in [1.82, 2.24) is 0 Å². The Kier molecular flexibility index (Phi) is 6.03. The zero-order chi connectivity index (χ0) is 18.4. The van der Waals surface area contributed by atoms with Gasteiger partial charge in [-0.3, -0.25) is 4.72 Å². The maximum Gasteiger partial charge on any atom is 0.337 e. The number of benzene rings is 2. The van der Waals surface area contributed by atoms with E-state index in [9.17, 15) is 13.2 Å². The van der Waals surface area contributed by atoms with Crippen LogP contribution in [-0.4, -0.2) is 28.6 Å². The van der Waals surface area contributed by atoms with E-state index in [0.29, 0.717) is 5.75 Å². The minimum Gasteiger partial charge on any atom is -0.495 e. The first kappa shape index (κ1) is 18.8. The molecule has 0 heterocycles. The van der Waals surface area contributed by atoms with Gasteiger partial charge < -0.3 is 9.47 Å². The molecule has 134 valence electrons. The van der Waals surface area contributed by atoms with Crippen molar-refractivity contribution in [1.29, 1.82) is 0 Å². The topological polar surface area (TPSA) is 81.7 Å². The summed E-state index contributed by atoms with van der Waals surface area (Å²) in [5.74, 6) is -0.258. The van der Waals surface area contributed by atoms with Crippen LogP contribution in [0.2, 0.25) is 0 Å². The van der Waals surface area contributed by atoms with Crippen molar-refractivity contribution in [2.24, 2.45) is 0 Å². The summed E-state index contributed by atoms with van der Waals surface area (Å²) in [6.07, 6.45) is 1.88. The van der Waals surface area contributed by atoms with Gasteiger partial charge in [0.1, 0.15) is 5.75 Å². The van der Waals surface area contributed by atoms with Crippen LogP contribution in [-0.2, 0) is 21.2 Å². The molecule has 0 aromatic heterocycles. The zero-order valence-corrected chi connectivity index (χ0v) is 15.2. The minimum absolute atomic E-state index is 0.137. The molecule has 0 saturated heterocycles. The summed E-state index contributed by atoms with van der Waals surface area (Å²) in [6, 6.07) is 11.1. The second-order valence-electron chi connectivity index (χ2n) is 5.41. The van der Waals surface area contributed by atoms with Crippen LogP contribution in [0.3, 0.4) is 0 Å². The van der Waals surface area contributed by atoms with Crippen LogP contribution in [0.5, 0.6) is 5.75 Å². The van der Waals surface area contributed by atoms with E-state index in [4.69, 9.17) is 4.74 Å². The highest BCUT2D eigenvalue weighted by Gasteiger charge is 2.18. The van der Waals surface area contributed by atoms with Gasteiger partial charge >= 0.3 is 5.97 Å². The molecule has 25 heavy (non-hydrogen) atoms. The maximum absolute atomic E-state index is 12.6. The fourth-order valence-electron chi connectivity index (χ4n) is 2.36. The SMILES string of the molecule is CCCc1ccc(S(=O)(=O)Nc2cc(C(=O)OC)ccc2OC)cc1. The number of hydrogen-bond donors (Lipinski definition) is 1. The standard InChI is InChI=1S/C18H21NO5S/c1-4-5-13-6-9-15(10-7-13)25(21,22)19-16-12-14(18(20)24-3)8-11-17(16)23-2/h6-12,19H,4-5H2,1-3H3. The number of methoxy groups -OCH3 is 2. The van der Waals surface area contributed by atoms with Gasteiger partial charge in [-0.05, 0) is 42.3 Å². The molecule has 6 nitrogen and oxygen atoms in total. The molecule has 1 N–H and O–H groups in total. The summed E-state index contributed by atoms with van der Waals surface area (Å²) >= 11 is 0. The maximum atomic E-state index is 12.6. The predicted molar refractivity (Wildman–Crippen MR) is 95.6 cm³/mol. The molecule has 2 aromatic carbocycles. The Labute approximate surface area is 147 Å². The fourth-order valence-corrected chi connectivity index (χ4v) is 3.42. The molecule has 0 saturated carbocycles. The molecule has 0 atom stereocenters. The lowest BCUT2D eigenvalue weighted by molar-refractivity contribution is 0.0600. The molecule has 0 aliphatic rings. The third-order valence-electron chi connectivity index (χ3n) is 3.64. The van der Waals surface area contributed by atoms with Gasteiger partial charge in [0.05, 0.1) is 30.4 Å². The number of sulfonamides is 1. The van der Waals surface area contributed by atoms with E-state index in [1.165, 1.54) is 32.4 Å². The summed E-state index contributed by atoms with van der Waals surface area (Å²) in [7, 11) is -1.13. The average Bonchev–Trinajstić information content (AvgIpc) is 2.61. The molecule has 0 spiro atoms. The van der Waals surface area contributed by atoms with Crippen LogP contribution < -0.4 is 9.46 Å². The second-order valence-corrected chi connectivity index (χ2v) is 7.09. The highest BCUT2D eigenvalue weighted by atomic mass is 32.2. The molecule has 0 bridgehead atoms. The Hall–Kier alpha value is -2.54. The summed E-state index contributed by atoms with van der Waals surface area (Å²) in [5, 5.41) is 0. The first-order chi connectivity index (χ1) is 11.9. The van der Waals surface area contributed by atoms with Gasteiger partial charge in [0.2, 0.25) is 0 Å². The van der Waals surface area contributed by atoms with Crippen LogP contribution in [0.25, 0.3) is 0 Å².